The van der Waals surface area contributed by atoms with Crippen LogP contribution in [0.3, 0.4) is 0 Å². The Labute approximate surface area is 160 Å². The Morgan fingerprint density at radius 2 is 2.30 bits per heavy atom. The van der Waals surface area contributed by atoms with Gasteiger partial charge in [-0.2, -0.15) is 0 Å². The molecule has 2 aliphatic rings. The van der Waals surface area contributed by atoms with Crippen LogP contribution in [0, 0.1) is 0 Å². The molecule has 3 rings (SSSR count). The Bertz CT molecular complexity index is 866. The summed E-state index contributed by atoms with van der Waals surface area (Å²) in [5.41, 5.74) is 6.00. The molecule has 0 saturated heterocycles. The third-order valence-corrected chi connectivity index (χ3v) is 5.84. The van der Waals surface area contributed by atoms with Gasteiger partial charge in [-0.15, -0.1) is 23.1 Å². The molecule has 3 heterocycles. The maximum atomic E-state index is 12.4. The van der Waals surface area contributed by atoms with Crippen LogP contribution >= 0.6 is 23.1 Å². The van der Waals surface area contributed by atoms with Crippen molar-refractivity contribution in [3.05, 3.63) is 22.3 Å². The van der Waals surface area contributed by atoms with Crippen molar-refractivity contribution in [2.45, 2.75) is 24.4 Å². The number of nitrogen functional groups attached to an aromatic ring is 1. The number of nitrogens with zero attached hydrogens (tertiary/aromatic N) is 2. The molecule has 11 nitrogen and oxygen atoms in total. The standard InChI is InChI=1S/C14H15N5O6S2/c1-4-5-2-26-11(18-7(5)13(23)25-4)9(12(21)22)17-10(20)8(19-24)6-3-27-14(15)16-6/h3-4,9,11,18,24H,2H2,1H3,(H2,15,16)(H,17,20)(H,21,22)/b19-8+/t4-,9+,11+/m0/s1. The van der Waals surface area contributed by atoms with Gasteiger partial charge in [0.2, 0.25) is 0 Å². The van der Waals surface area contributed by atoms with Gasteiger partial charge in [0.05, 0.1) is 0 Å². The first-order valence-corrected chi connectivity index (χ1v) is 9.54. The van der Waals surface area contributed by atoms with E-state index in [4.69, 9.17) is 15.7 Å². The van der Waals surface area contributed by atoms with Crippen LogP contribution in [0.5, 0.6) is 0 Å². The zero-order chi connectivity index (χ0) is 19.7. The minimum Gasteiger partial charge on any atom is -0.480 e. The molecule has 6 N–H and O–H groups in total. The third kappa shape index (κ3) is 3.68. The molecule has 0 aliphatic carbocycles. The van der Waals surface area contributed by atoms with Crippen LogP contribution in [0.4, 0.5) is 5.13 Å². The predicted molar refractivity (Wildman–Crippen MR) is 96.4 cm³/mol. The second kappa shape index (κ2) is 7.44. The maximum Gasteiger partial charge on any atom is 0.355 e. The number of thiazole rings is 1. The summed E-state index contributed by atoms with van der Waals surface area (Å²) in [6.45, 7) is 1.73. The number of aliphatic carboxylic acids is 1. The van der Waals surface area contributed by atoms with Crippen molar-refractivity contribution in [1.29, 1.82) is 0 Å². The van der Waals surface area contributed by atoms with Crippen LogP contribution in [0.2, 0.25) is 0 Å². The van der Waals surface area contributed by atoms with Gasteiger partial charge in [-0.1, -0.05) is 5.16 Å². The number of thioether (sulfide) groups is 1. The summed E-state index contributed by atoms with van der Waals surface area (Å²) in [6.07, 6.45) is -0.380. The number of oxime groups is 1. The second-order valence-corrected chi connectivity index (χ2v) is 7.65. The zero-order valence-corrected chi connectivity index (χ0v) is 15.5. The quantitative estimate of drug-likeness (QED) is 0.180. The topological polar surface area (TPSA) is 176 Å². The number of carbonyl (C=O) groups is 3. The zero-order valence-electron chi connectivity index (χ0n) is 13.8. The first-order valence-electron chi connectivity index (χ1n) is 7.61. The molecule has 0 fully saturated rings. The number of hydrogen-bond acceptors (Lipinski definition) is 11. The predicted octanol–water partition coefficient (Wildman–Crippen LogP) is -0.665. The molecule has 144 valence electrons. The lowest BCUT2D eigenvalue weighted by Crippen LogP contribution is -2.55. The van der Waals surface area contributed by atoms with Gasteiger partial charge in [0.1, 0.15) is 22.9 Å². The number of rotatable bonds is 5. The maximum absolute atomic E-state index is 12.4. The molecule has 1 amide bonds. The number of anilines is 1. The third-order valence-electron chi connectivity index (χ3n) is 3.94. The van der Waals surface area contributed by atoms with Crippen molar-refractivity contribution in [2.75, 3.05) is 11.5 Å². The Hall–Kier alpha value is -2.80. The van der Waals surface area contributed by atoms with Crippen LogP contribution < -0.4 is 16.4 Å². The van der Waals surface area contributed by atoms with Crippen LogP contribution in [0.25, 0.3) is 0 Å². The van der Waals surface area contributed by atoms with Gasteiger partial charge < -0.3 is 31.4 Å². The van der Waals surface area contributed by atoms with E-state index in [1.54, 1.807) is 6.92 Å². The number of cyclic esters (lactones) is 1. The number of nitrogens with two attached hydrogens (primary N) is 1. The fraction of sp³-hybridized carbons (Fsp3) is 0.357. The highest BCUT2D eigenvalue weighted by Gasteiger charge is 2.41. The van der Waals surface area contributed by atoms with Crippen LogP contribution in [0.1, 0.15) is 12.6 Å². The van der Waals surface area contributed by atoms with Gasteiger partial charge in [-0.25, -0.2) is 14.6 Å². The highest BCUT2D eigenvalue weighted by molar-refractivity contribution is 8.00. The van der Waals surface area contributed by atoms with E-state index in [9.17, 15) is 19.5 Å². The van der Waals surface area contributed by atoms with Gasteiger partial charge in [0, 0.05) is 16.7 Å². The Balaban J connectivity index is 1.77. The summed E-state index contributed by atoms with van der Waals surface area (Å²) in [5, 5.41) is 27.4. The summed E-state index contributed by atoms with van der Waals surface area (Å²) in [6, 6.07) is -1.41. The summed E-state index contributed by atoms with van der Waals surface area (Å²) >= 11 is 2.24. The Morgan fingerprint density at radius 1 is 1.56 bits per heavy atom. The molecule has 0 unspecified atom stereocenters. The summed E-state index contributed by atoms with van der Waals surface area (Å²) < 4.78 is 5.10. The van der Waals surface area contributed by atoms with Gasteiger partial charge in [0.15, 0.2) is 16.9 Å². The van der Waals surface area contributed by atoms with Crippen molar-refractivity contribution in [2.24, 2.45) is 5.16 Å². The molecule has 0 aromatic carbocycles. The monoisotopic (exact) mass is 413 g/mol. The van der Waals surface area contributed by atoms with E-state index in [0.717, 1.165) is 16.9 Å². The number of hydrogen-bond donors (Lipinski definition) is 5. The molecule has 1 aromatic heterocycles. The van der Waals surface area contributed by atoms with Crippen molar-refractivity contribution >= 4 is 51.8 Å². The highest BCUT2D eigenvalue weighted by Crippen LogP contribution is 2.32. The number of carboxylic acid groups (broad SMARTS) is 1. The lowest BCUT2D eigenvalue weighted by atomic mass is 10.1. The Morgan fingerprint density at radius 3 is 2.89 bits per heavy atom. The lowest BCUT2D eigenvalue weighted by Gasteiger charge is -2.29. The second-order valence-electron chi connectivity index (χ2n) is 5.63. The first kappa shape index (κ1) is 19.0. The van der Waals surface area contributed by atoms with Crippen molar-refractivity contribution in [3.63, 3.8) is 0 Å². The van der Waals surface area contributed by atoms with Gasteiger partial charge >= 0.3 is 11.9 Å². The molecule has 2 aliphatic heterocycles. The van der Waals surface area contributed by atoms with E-state index in [1.807, 2.05) is 0 Å². The molecular weight excluding hydrogens is 398 g/mol. The fourth-order valence-electron chi connectivity index (χ4n) is 2.60. The molecule has 0 radical (unpaired) electrons. The average molecular weight is 413 g/mol. The first-order chi connectivity index (χ1) is 12.8. The number of aromatic nitrogens is 1. The number of nitrogens with one attached hydrogen (secondary N) is 2. The molecule has 0 bridgehead atoms. The summed E-state index contributed by atoms with van der Waals surface area (Å²) in [5.74, 6) is -2.45. The van der Waals surface area contributed by atoms with E-state index in [-0.39, 0.29) is 22.6 Å². The summed E-state index contributed by atoms with van der Waals surface area (Å²) in [4.78, 5) is 39.8. The summed E-state index contributed by atoms with van der Waals surface area (Å²) in [7, 11) is 0. The van der Waals surface area contributed by atoms with Crippen molar-refractivity contribution in [3.8, 4) is 0 Å². The van der Waals surface area contributed by atoms with E-state index in [0.29, 0.717) is 5.75 Å². The SMILES string of the molecule is C[C@@H]1OC(=O)C2=C1CS[C@H]([C@@H](NC(=O)/C(=N/O)c1csc(N)n1)C(=O)O)N2. The Kier molecular flexibility index (Phi) is 5.23. The highest BCUT2D eigenvalue weighted by atomic mass is 32.2. The lowest BCUT2D eigenvalue weighted by molar-refractivity contribution is -0.142. The number of esters is 1. The van der Waals surface area contributed by atoms with E-state index >= 15 is 0 Å². The largest absolute Gasteiger partial charge is 0.480 e. The molecule has 13 heteroatoms. The van der Waals surface area contributed by atoms with Crippen molar-refractivity contribution in [1.82, 2.24) is 15.6 Å². The number of carboxylic acids is 1. The van der Waals surface area contributed by atoms with Gasteiger partial charge in [-0.05, 0) is 6.92 Å². The van der Waals surface area contributed by atoms with E-state index in [1.165, 1.54) is 17.1 Å². The normalized spacial score (nSPS) is 23.3. The van der Waals surface area contributed by atoms with E-state index in [2.05, 4.69) is 20.8 Å². The number of carbonyl (C=O) groups excluding carboxylic acids is 2. The smallest absolute Gasteiger partial charge is 0.355 e. The number of ether oxygens (including phenoxy) is 1. The van der Waals surface area contributed by atoms with Crippen molar-refractivity contribution < 1.29 is 29.4 Å². The molecule has 1 aromatic rings. The molecule has 0 spiro atoms. The van der Waals surface area contributed by atoms with E-state index < -0.39 is 35.0 Å². The molecule has 3 atom stereocenters. The molecule has 27 heavy (non-hydrogen) atoms. The molecule has 0 saturated carbocycles. The average Bonchev–Trinajstić information content (AvgIpc) is 3.16. The van der Waals surface area contributed by atoms with Gasteiger partial charge in [0.25, 0.3) is 5.91 Å². The fourth-order valence-corrected chi connectivity index (χ4v) is 4.46. The minimum atomic E-state index is -1.41. The van der Waals surface area contributed by atoms with Gasteiger partial charge in [-0.3, -0.25) is 4.79 Å². The number of amides is 1. The van der Waals surface area contributed by atoms with Crippen LogP contribution in [-0.4, -0.2) is 62.1 Å². The molecular formula is C14H15N5O6S2. The van der Waals surface area contributed by atoms with Crippen LogP contribution in [0.15, 0.2) is 21.8 Å². The van der Waals surface area contributed by atoms with Crippen LogP contribution in [-0.2, 0) is 19.1 Å². The minimum absolute atomic E-state index is 0.0177.